The van der Waals surface area contributed by atoms with Crippen LogP contribution in [-0.4, -0.2) is 135 Å². The molecule has 34 heteroatoms. The lowest BCUT2D eigenvalue weighted by atomic mass is 9.90. The number of piperidine rings is 3. The SMILES string of the molecule is Cc1ccc(S(=O)(=O)n2cc(-c3ccc4c(c3)OC(F)(F)O4)c3cc(-c4ccc(CN5CCCCC5)s4)cnc32)cc1.Cc1ccc(S(=O)(=O)n2cc(-c3ccc4c(c3)OC(F)(F)O4)c3cc(Br)cnc32)cc1.FC1(F)Oc2ccc(-c3c[nH]c4ncc(-c5ccc(CN6CCCCC6)s5)cc34)cc2O1.OB(O)c1ccc(CN2CCCCC2)s1. The lowest BCUT2D eigenvalue weighted by molar-refractivity contribution is -0.287. The fourth-order valence-electron chi connectivity index (χ4n) is 15.3. The zero-order chi connectivity index (χ0) is 83.4. The molecule has 0 amide bonds. The highest BCUT2D eigenvalue weighted by molar-refractivity contribution is 9.10. The number of hydrogen-bond acceptors (Lipinski definition) is 21. The Morgan fingerprint density at radius 1 is 0.425 bits per heavy atom. The van der Waals surface area contributed by atoms with Crippen LogP contribution in [0.25, 0.3) is 87.4 Å². The van der Waals surface area contributed by atoms with Crippen LogP contribution in [0.4, 0.5) is 26.3 Å². The first-order valence-corrected chi connectivity index (χ1v) is 45.0. The Kier molecular flexibility index (Phi) is 23.1. The number of nitrogens with zero attached hydrogens (tertiary/aromatic N) is 8. The van der Waals surface area contributed by atoms with Crippen molar-refractivity contribution in [2.75, 3.05) is 39.3 Å². The molecule has 6 aliphatic rings. The number of aromatic nitrogens is 6. The lowest BCUT2D eigenvalue weighted by Gasteiger charge is -2.25. The summed E-state index contributed by atoms with van der Waals surface area (Å²) < 4.78 is 166. The molecule has 3 N–H and O–H groups in total. The van der Waals surface area contributed by atoms with E-state index in [-0.39, 0.29) is 55.6 Å². The summed E-state index contributed by atoms with van der Waals surface area (Å²) in [7, 11) is -9.28. The first kappa shape index (κ1) is 82.2. The highest BCUT2D eigenvalue weighted by Gasteiger charge is 2.46. The maximum absolute atomic E-state index is 13.8. The van der Waals surface area contributed by atoms with Gasteiger partial charge in [-0.2, -0.15) is 0 Å². The third kappa shape index (κ3) is 18.0. The van der Waals surface area contributed by atoms with Gasteiger partial charge in [-0.05, 0) is 233 Å². The largest absolute Gasteiger partial charge is 0.586 e. The second-order valence-electron chi connectivity index (χ2n) is 30.0. The number of ether oxygens (including phenoxy) is 6. The molecule has 9 aromatic heterocycles. The molecule has 120 heavy (non-hydrogen) atoms. The molecular weight excluding hydrogens is 1720 g/mol. The molecule has 21 nitrogen and oxygen atoms in total. The zero-order valence-corrected chi connectivity index (χ0v) is 70.2. The fourth-order valence-corrected chi connectivity index (χ4v) is 21.3. The lowest BCUT2D eigenvalue weighted by Crippen LogP contribution is -2.29. The van der Waals surface area contributed by atoms with Crippen LogP contribution in [0.5, 0.6) is 34.5 Å². The summed E-state index contributed by atoms with van der Waals surface area (Å²) in [6.45, 7) is 13.5. The first-order chi connectivity index (χ1) is 57.6. The molecular formula is C86H77BBrF6N9O12S5. The van der Waals surface area contributed by atoms with Gasteiger partial charge in [0.2, 0.25) is 0 Å². The van der Waals surface area contributed by atoms with Crippen molar-refractivity contribution >= 4 is 115 Å². The minimum absolute atomic E-state index is 0.0339. The molecule has 20 rings (SSSR count). The quantitative estimate of drug-likeness (QED) is 0.0602. The third-order valence-corrected chi connectivity index (χ3v) is 28.4. The highest BCUT2D eigenvalue weighted by Crippen LogP contribution is 2.49. The number of hydrogen-bond donors (Lipinski definition) is 3. The van der Waals surface area contributed by atoms with Crippen LogP contribution in [0.3, 0.4) is 0 Å². The topological polar surface area (TPSA) is 238 Å². The van der Waals surface area contributed by atoms with Crippen LogP contribution in [0, 0.1) is 13.8 Å². The average Bonchev–Trinajstić information content (AvgIpc) is 1.59. The minimum atomic E-state index is -4.01. The van der Waals surface area contributed by atoms with Gasteiger partial charge in [0.05, 0.1) is 9.79 Å². The molecule has 15 heterocycles. The zero-order valence-electron chi connectivity index (χ0n) is 64.5. The van der Waals surface area contributed by atoms with E-state index in [1.54, 1.807) is 102 Å². The molecule has 5 aromatic carbocycles. The van der Waals surface area contributed by atoms with Crippen LogP contribution in [-0.2, 0) is 39.7 Å². The van der Waals surface area contributed by atoms with Crippen molar-refractivity contribution in [3.05, 3.63) is 225 Å². The summed E-state index contributed by atoms with van der Waals surface area (Å²) in [5.74, 6) is -0.358. The predicted octanol–water partition coefficient (Wildman–Crippen LogP) is 19.3. The average molecular weight is 1790 g/mol. The molecule has 3 saturated heterocycles. The summed E-state index contributed by atoms with van der Waals surface area (Å²) in [4.78, 5) is 30.4. The molecule has 6 aliphatic heterocycles. The van der Waals surface area contributed by atoms with Crippen molar-refractivity contribution in [2.45, 2.75) is 120 Å². The first-order valence-electron chi connectivity index (χ1n) is 38.9. The monoisotopic (exact) mass is 1790 g/mol. The summed E-state index contributed by atoms with van der Waals surface area (Å²) in [6.07, 6.45) is 10.2. The van der Waals surface area contributed by atoms with Crippen molar-refractivity contribution in [3.63, 3.8) is 0 Å². The maximum Gasteiger partial charge on any atom is 0.586 e. The van der Waals surface area contributed by atoms with Crippen molar-refractivity contribution < 1.29 is 81.6 Å². The molecule has 0 saturated carbocycles. The fraction of sp³-hybridized carbons (Fsp3) is 0.267. The van der Waals surface area contributed by atoms with Gasteiger partial charge in [-0.15, -0.1) is 60.4 Å². The van der Waals surface area contributed by atoms with Gasteiger partial charge in [-0.3, -0.25) is 14.7 Å². The van der Waals surface area contributed by atoms with Crippen molar-refractivity contribution in [2.24, 2.45) is 0 Å². The number of H-pyrrole nitrogens is 1. The van der Waals surface area contributed by atoms with E-state index in [0.717, 1.165) is 90.0 Å². The Bertz CT molecular complexity index is 6390. The molecule has 0 radical (unpaired) electrons. The van der Waals surface area contributed by atoms with Crippen molar-refractivity contribution in [1.29, 1.82) is 0 Å². The third-order valence-electron chi connectivity index (χ3n) is 21.3. The van der Waals surface area contributed by atoms with Gasteiger partial charge in [-0.1, -0.05) is 78.9 Å². The van der Waals surface area contributed by atoms with E-state index in [2.05, 4.69) is 109 Å². The molecule has 0 aliphatic carbocycles. The van der Waals surface area contributed by atoms with Crippen LogP contribution in [0.2, 0.25) is 0 Å². The van der Waals surface area contributed by atoms with Gasteiger partial charge < -0.3 is 43.5 Å². The normalized spacial score (nSPS) is 16.7. The second-order valence-corrected chi connectivity index (χ2v) is 38.0. The summed E-state index contributed by atoms with van der Waals surface area (Å²) in [5.41, 5.74) is 8.55. The second kappa shape index (κ2) is 33.7. The summed E-state index contributed by atoms with van der Waals surface area (Å²) in [6, 6.07) is 44.7. The Labute approximate surface area is 707 Å². The van der Waals surface area contributed by atoms with Crippen LogP contribution >= 0.6 is 49.9 Å². The number of aryl methyl sites for hydroxylation is 2. The Morgan fingerprint density at radius 2 is 0.800 bits per heavy atom. The molecule has 3 fully saturated rings. The smallest absolute Gasteiger partial charge is 0.423 e. The maximum atomic E-state index is 13.8. The van der Waals surface area contributed by atoms with Gasteiger partial charge in [0.1, 0.15) is 5.65 Å². The van der Waals surface area contributed by atoms with Gasteiger partial charge in [-0.25, -0.2) is 39.7 Å². The molecule has 0 atom stereocenters. The summed E-state index contributed by atoms with van der Waals surface area (Å²) >= 11 is 8.33. The van der Waals surface area contributed by atoms with Gasteiger partial charge in [0.25, 0.3) is 20.0 Å². The van der Waals surface area contributed by atoms with E-state index in [0.29, 0.717) is 42.3 Å². The van der Waals surface area contributed by atoms with Gasteiger partial charge in [0, 0.05) is 134 Å². The number of nitrogens with one attached hydrogen (secondary N) is 1. The van der Waals surface area contributed by atoms with E-state index in [1.165, 1.54) is 176 Å². The number of halogens is 7. The Hall–Kier alpha value is -10.1. The van der Waals surface area contributed by atoms with Crippen LogP contribution in [0.15, 0.2) is 209 Å². The number of benzene rings is 5. The Morgan fingerprint density at radius 3 is 1.23 bits per heavy atom. The number of likely N-dealkylation sites (tertiary alicyclic amines) is 3. The molecule has 620 valence electrons. The molecule has 14 aromatic rings. The highest BCUT2D eigenvalue weighted by atomic mass is 79.9. The Balaban J connectivity index is 0.000000119. The number of aromatic amines is 1. The molecule has 0 bridgehead atoms. The van der Waals surface area contributed by atoms with Crippen LogP contribution < -0.4 is 33.2 Å². The predicted molar refractivity (Wildman–Crippen MR) is 454 cm³/mol. The van der Waals surface area contributed by atoms with E-state index in [4.69, 9.17) is 10.0 Å². The summed E-state index contributed by atoms with van der Waals surface area (Å²) in [5, 5.41) is 20.0. The van der Waals surface area contributed by atoms with Gasteiger partial charge >= 0.3 is 26.0 Å². The van der Waals surface area contributed by atoms with Crippen LogP contribution in [0.1, 0.15) is 83.5 Å². The van der Waals surface area contributed by atoms with Gasteiger partial charge in [0.15, 0.2) is 45.8 Å². The number of thiophene rings is 3. The molecule has 0 spiro atoms. The van der Waals surface area contributed by atoms with Crippen molar-refractivity contribution in [3.8, 4) is 88.8 Å². The standard InChI is InChI=1S/C31H27F2N3O4S2.C24H21F2N3O2S.C21H13BrF2N2O4S.C10H16BNO2S/c1-20-5-9-24(10-6-20)42(37,38)36-19-26(21-7-11-27-28(16-21)40-31(32,33)39-27)25-15-22(17-34-30(25)36)29-12-8-23(41-29)18-35-13-3-2-4-14-35;25-24(26)30-20-6-4-15(11-21(20)31-24)19-13-28-23-18(19)10-16(12-27-23)22-7-5-17(32-22)14-29-8-2-1-3-9-29;1-12-2-5-15(6-3-12)31(27,28)26-11-17(16-9-14(22)10-25-20(16)26)13-4-7-18-19(8-13)30-21(23,24)29-18;13-11(14)10-5-4-9(15-10)8-12-6-2-1-3-7-12/h5-12,15-17,19H,2-4,13-14,18H2,1H3;4-7,10-13H,1-3,8-9,14H2,(H,27,28);2-11H,1H3;4-5,13-14H,1-3,6-8H2. The van der Waals surface area contributed by atoms with E-state index >= 15 is 0 Å². The number of rotatable bonds is 16. The number of pyridine rings is 3. The van der Waals surface area contributed by atoms with E-state index in [1.807, 2.05) is 38.4 Å². The minimum Gasteiger partial charge on any atom is -0.423 e. The number of alkyl halides is 6. The van der Waals surface area contributed by atoms with Crippen molar-refractivity contribution in [1.82, 2.24) is 42.6 Å². The van der Waals surface area contributed by atoms with E-state index < -0.39 is 46.0 Å². The molecule has 0 unspecified atom stereocenters. The number of fused-ring (bicyclic) bond motifs is 6. The van der Waals surface area contributed by atoms with E-state index in [9.17, 15) is 43.2 Å².